The lowest BCUT2D eigenvalue weighted by atomic mass is 10.2. The summed E-state index contributed by atoms with van der Waals surface area (Å²) < 4.78 is 11.0. The van der Waals surface area contributed by atoms with E-state index in [1.807, 2.05) is 0 Å². The number of hydrogen-bond acceptors (Lipinski definition) is 9. The fourth-order valence-corrected chi connectivity index (χ4v) is 2.88. The van der Waals surface area contributed by atoms with Crippen molar-refractivity contribution < 1.29 is 14.4 Å². The Balaban J connectivity index is 1.70. The van der Waals surface area contributed by atoms with Crippen molar-refractivity contribution in [3.63, 3.8) is 0 Å². The minimum Gasteiger partial charge on any atom is -0.378 e. The zero-order valence-corrected chi connectivity index (χ0v) is 13.4. The van der Waals surface area contributed by atoms with Crippen molar-refractivity contribution >= 4 is 23.3 Å². The van der Waals surface area contributed by atoms with Gasteiger partial charge in [-0.25, -0.2) is 0 Å². The number of rotatable bonds is 7. The summed E-state index contributed by atoms with van der Waals surface area (Å²) in [7, 11) is 0. The Kier molecular flexibility index (Phi) is 5.26. The lowest BCUT2D eigenvalue weighted by molar-refractivity contribution is -0.383. The summed E-state index contributed by atoms with van der Waals surface area (Å²) in [4.78, 5) is 18.9. The molecule has 2 aliphatic rings. The van der Waals surface area contributed by atoms with Crippen molar-refractivity contribution in [1.29, 1.82) is 0 Å². The number of aromatic nitrogens is 2. The summed E-state index contributed by atoms with van der Waals surface area (Å²) >= 11 is 0. The summed E-state index contributed by atoms with van der Waals surface area (Å²) in [6, 6.07) is 0. The van der Waals surface area contributed by atoms with Gasteiger partial charge in [-0.15, -0.1) is 0 Å². The average Bonchev–Trinajstić information content (AvgIpc) is 3.23. The highest BCUT2D eigenvalue weighted by atomic mass is 16.6. The van der Waals surface area contributed by atoms with E-state index >= 15 is 0 Å². The lowest BCUT2D eigenvalue weighted by Gasteiger charge is -2.14. The normalized spacial score (nSPS) is 23.3. The molecule has 0 spiro atoms. The number of nitrogen functional groups attached to an aromatic ring is 1. The highest BCUT2D eigenvalue weighted by Gasteiger charge is 2.25. The first kappa shape index (κ1) is 16.7. The van der Waals surface area contributed by atoms with Crippen molar-refractivity contribution in [3.05, 3.63) is 10.1 Å². The van der Waals surface area contributed by atoms with Gasteiger partial charge in [-0.3, -0.25) is 10.1 Å². The third-order valence-corrected chi connectivity index (χ3v) is 4.13. The minimum atomic E-state index is -0.572. The number of nitrogens with one attached hydrogen (secondary N) is 2. The van der Waals surface area contributed by atoms with E-state index in [1.54, 1.807) is 0 Å². The third kappa shape index (κ3) is 4.01. The van der Waals surface area contributed by atoms with Crippen LogP contribution in [-0.2, 0) is 9.47 Å². The highest BCUT2D eigenvalue weighted by molar-refractivity contribution is 5.69. The maximum Gasteiger partial charge on any atom is 0.353 e. The molecule has 2 fully saturated rings. The van der Waals surface area contributed by atoms with E-state index < -0.39 is 4.92 Å². The van der Waals surface area contributed by atoms with Gasteiger partial charge in [0.15, 0.2) is 0 Å². The topological polar surface area (TPSA) is 137 Å². The first-order chi connectivity index (χ1) is 11.6. The molecule has 4 N–H and O–H groups in total. The van der Waals surface area contributed by atoms with Gasteiger partial charge in [0.05, 0.1) is 17.1 Å². The molecule has 0 saturated carbocycles. The van der Waals surface area contributed by atoms with Gasteiger partial charge in [0.1, 0.15) is 0 Å². The number of ether oxygens (including phenoxy) is 2. The zero-order chi connectivity index (χ0) is 16.9. The summed E-state index contributed by atoms with van der Waals surface area (Å²) in [5.74, 6) is 0.195. The molecule has 2 atom stereocenters. The predicted octanol–water partition coefficient (Wildman–Crippen LogP) is 1.15. The number of anilines is 3. The maximum absolute atomic E-state index is 11.3. The van der Waals surface area contributed by atoms with E-state index in [0.717, 1.165) is 32.3 Å². The molecular formula is C14H22N6O4. The van der Waals surface area contributed by atoms with Crippen molar-refractivity contribution in [2.45, 2.75) is 37.9 Å². The lowest BCUT2D eigenvalue weighted by Crippen LogP contribution is -2.22. The summed E-state index contributed by atoms with van der Waals surface area (Å²) in [5.41, 5.74) is 5.45. The Morgan fingerprint density at radius 2 is 1.75 bits per heavy atom. The molecule has 0 amide bonds. The molecule has 0 aromatic carbocycles. The molecule has 132 valence electrons. The second kappa shape index (κ2) is 7.58. The molecule has 24 heavy (non-hydrogen) atoms. The zero-order valence-electron chi connectivity index (χ0n) is 13.4. The smallest absolute Gasteiger partial charge is 0.353 e. The molecule has 0 aliphatic carbocycles. The Hall–Kier alpha value is -2.20. The number of nitrogens with zero attached hydrogens (tertiary/aromatic N) is 3. The van der Waals surface area contributed by atoms with Crippen LogP contribution in [0.15, 0.2) is 0 Å². The van der Waals surface area contributed by atoms with E-state index in [4.69, 9.17) is 15.2 Å². The van der Waals surface area contributed by atoms with Crippen LogP contribution in [0.1, 0.15) is 25.7 Å². The van der Waals surface area contributed by atoms with Gasteiger partial charge < -0.3 is 25.8 Å². The summed E-state index contributed by atoms with van der Waals surface area (Å²) in [6.07, 6.45) is 4.06. The standard InChI is InChI=1S/C14H22N6O4/c15-12-11(20(21)22)13(16-7-9-3-1-5-23-9)19-14(18-12)17-8-10-4-2-6-24-10/h9-10H,1-8H2,(H4,15,16,17,18,19)/t9-,10+/m1/s1. The number of hydrogen-bond donors (Lipinski definition) is 3. The molecule has 3 rings (SSSR count). The van der Waals surface area contributed by atoms with Crippen LogP contribution < -0.4 is 16.4 Å². The molecule has 0 radical (unpaired) electrons. The van der Waals surface area contributed by atoms with Crippen molar-refractivity contribution in [2.24, 2.45) is 0 Å². The highest BCUT2D eigenvalue weighted by Crippen LogP contribution is 2.29. The van der Waals surface area contributed by atoms with Gasteiger partial charge in [0.25, 0.3) is 0 Å². The van der Waals surface area contributed by atoms with Gasteiger partial charge in [0, 0.05) is 26.3 Å². The fourth-order valence-electron chi connectivity index (χ4n) is 2.88. The SMILES string of the molecule is Nc1nc(NC[C@@H]2CCCO2)nc(NC[C@H]2CCCO2)c1[N+](=O)[O-]. The molecule has 1 aromatic rings. The summed E-state index contributed by atoms with van der Waals surface area (Å²) in [5, 5.41) is 17.3. The van der Waals surface area contributed by atoms with E-state index in [-0.39, 0.29) is 35.5 Å². The second-order valence-corrected chi connectivity index (χ2v) is 5.92. The van der Waals surface area contributed by atoms with Crippen LogP contribution in [0, 0.1) is 10.1 Å². The van der Waals surface area contributed by atoms with Crippen LogP contribution >= 0.6 is 0 Å². The quantitative estimate of drug-likeness (QED) is 0.493. The molecule has 0 unspecified atom stereocenters. The molecule has 2 saturated heterocycles. The Morgan fingerprint density at radius 1 is 1.12 bits per heavy atom. The minimum absolute atomic E-state index is 0.0316. The van der Waals surface area contributed by atoms with Crippen LogP contribution in [0.4, 0.5) is 23.3 Å². The molecule has 3 heterocycles. The molecule has 10 nitrogen and oxygen atoms in total. The third-order valence-electron chi connectivity index (χ3n) is 4.13. The fraction of sp³-hybridized carbons (Fsp3) is 0.714. The van der Waals surface area contributed by atoms with Crippen LogP contribution in [0.25, 0.3) is 0 Å². The monoisotopic (exact) mass is 338 g/mol. The first-order valence-electron chi connectivity index (χ1n) is 8.16. The van der Waals surface area contributed by atoms with Gasteiger partial charge in [-0.05, 0) is 25.7 Å². The Morgan fingerprint density at radius 3 is 2.29 bits per heavy atom. The van der Waals surface area contributed by atoms with Crippen molar-refractivity contribution in [1.82, 2.24) is 9.97 Å². The molecule has 1 aromatic heterocycles. The van der Waals surface area contributed by atoms with Gasteiger partial charge in [0.2, 0.25) is 17.6 Å². The van der Waals surface area contributed by atoms with Crippen LogP contribution in [0.5, 0.6) is 0 Å². The maximum atomic E-state index is 11.3. The van der Waals surface area contributed by atoms with E-state index in [0.29, 0.717) is 19.7 Å². The van der Waals surface area contributed by atoms with E-state index in [1.165, 1.54) is 0 Å². The predicted molar refractivity (Wildman–Crippen MR) is 88.0 cm³/mol. The molecule has 0 bridgehead atoms. The van der Waals surface area contributed by atoms with E-state index in [9.17, 15) is 10.1 Å². The molecule has 10 heteroatoms. The van der Waals surface area contributed by atoms with Crippen LogP contribution in [-0.4, -0.2) is 53.4 Å². The number of nitro groups is 1. The van der Waals surface area contributed by atoms with E-state index in [2.05, 4.69) is 20.6 Å². The van der Waals surface area contributed by atoms with Gasteiger partial charge >= 0.3 is 5.69 Å². The first-order valence-corrected chi connectivity index (χ1v) is 8.16. The van der Waals surface area contributed by atoms with Crippen LogP contribution in [0.3, 0.4) is 0 Å². The second-order valence-electron chi connectivity index (χ2n) is 5.92. The average molecular weight is 338 g/mol. The van der Waals surface area contributed by atoms with Gasteiger partial charge in [-0.1, -0.05) is 0 Å². The Labute approximate surface area is 139 Å². The number of nitrogens with two attached hydrogens (primary N) is 1. The van der Waals surface area contributed by atoms with Crippen molar-refractivity contribution in [3.8, 4) is 0 Å². The molecular weight excluding hydrogens is 316 g/mol. The Bertz CT molecular complexity index is 587. The van der Waals surface area contributed by atoms with Crippen LogP contribution in [0.2, 0.25) is 0 Å². The summed E-state index contributed by atoms with van der Waals surface area (Å²) in [6.45, 7) is 2.46. The largest absolute Gasteiger partial charge is 0.378 e. The van der Waals surface area contributed by atoms with Crippen molar-refractivity contribution in [2.75, 3.05) is 42.7 Å². The molecule has 2 aliphatic heterocycles. The van der Waals surface area contributed by atoms with Gasteiger partial charge in [-0.2, -0.15) is 9.97 Å².